The molecule has 1 aromatic rings. The first-order valence-electron chi connectivity index (χ1n) is 6.50. The summed E-state index contributed by atoms with van der Waals surface area (Å²) in [6, 6.07) is 7.60. The molecule has 4 nitrogen and oxygen atoms in total. The van der Waals surface area contributed by atoms with Gasteiger partial charge in [-0.05, 0) is 24.1 Å². The van der Waals surface area contributed by atoms with E-state index >= 15 is 0 Å². The van der Waals surface area contributed by atoms with Gasteiger partial charge in [0.25, 0.3) is 0 Å². The van der Waals surface area contributed by atoms with E-state index in [2.05, 4.69) is 4.90 Å². The number of ether oxygens (including phenoxy) is 1. The average molecular weight is 287 g/mol. The minimum atomic E-state index is -0.0394. The maximum atomic E-state index is 9.02. The van der Waals surface area contributed by atoms with E-state index in [1.807, 2.05) is 24.3 Å². The van der Waals surface area contributed by atoms with E-state index in [-0.39, 0.29) is 12.6 Å². The van der Waals surface area contributed by atoms with Crippen LogP contribution in [-0.2, 0) is 4.74 Å². The van der Waals surface area contributed by atoms with Crippen LogP contribution >= 0.6 is 11.6 Å². The number of aliphatic hydroxyl groups is 1. The van der Waals surface area contributed by atoms with Crippen LogP contribution < -0.4 is 5.73 Å². The molecule has 1 atom stereocenters. The van der Waals surface area contributed by atoms with E-state index in [0.29, 0.717) is 18.2 Å². The second-order valence-electron chi connectivity index (χ2n) is 4.51. The largest absolute Gasteiger partial charge is 0.395 e. The van der Waals surface area contributed by atoms with Gasteiger partial charge in [0.1, 0.15) is 0 Å². The summed E-state index contributed by atoms with van der Waals surface area (Å²) in [5, 5.41) is 9.73. The van der Waals surface area contributed by atoms with Crippen molar-refractivity contribution in [1.82, 2.24) is 4.90 Å². The fourth-order valence-electron chi connectivity index (χ4n) is 1.92. The Morgan fingerprint density at radius 1 is 1.37 bits per heavy atom. The molecule has 5 heteroatoms. The van der Waals surface area contributed by atoms with Crippen molar-refractivity contribution in [2.75, 3.05) is 40.0 Å². The first-order valence-corrected chi connectivity index (χ1v) is 6.88. The molecular formula is C14H23ClN2O2. The van der Waals surface area contributed by atoms with Crippen molar-refractivity contribution in [1.29, 1.82) is 0 Å². The Morgan fingerprint density at radius 3 is 2.79 bits per heavy atom. The maximum absolute atomic E-state index is 9.02. The summed E-state index contributed by atoms with van der Waals surface area (Å²) < 4.78 is 5.05. The molecule has 19 heavy (non-hydrogen) atoms. The highest BCUT2D eigenvalue weighted by Crippen LogP contribution is 2.18. The molecule has 0 aromatic heterocycles. The second-order valence-corrected chi connectivity index (χ2v) is 4.94. The van der Waals surface area contributed by atoms with Crippen LogP contribution in [0.4, 0.5) is 0 Å². The lowest BCUT2D eigenvalue weighted by molar-refractivity contribution is 0.128. The van der Waals surface area contributed by atoms with Gasteiger partial charge in [-0.15, -0.1) is 0 Å². The SMILES string of the molecule is COCCN(CCO)CCC(N)c1cccc(Cl)c1. The van der Waals surface area contributed by atoms with Gasteiger partial charge >= 0.3 is 0 Å². The number of halogens is 1. The van der Waals surface area contributed by atoms with Crippen molar-refractivity contribution in [2.45, 2.75) is 12.5 Å². The van der Waals surface area contributed by atoms with Gasteiger partial charge in [0.2, 0.25) is 0 Å². The molecule has 108 valence electrons. The summed E-state index contributed by atoms with van der Waals surface area (Å²) >= 11 is 5.95. The highest BCUT2D eigenvalue weighted by atomic mass is 35.5. The van der Waals surface area contributed by atoms with E-state index in [0.717, 1.165) is 25.1 Å². The van der Waals surface area contributed by atoms with E-state index in [4.69, 9.17) is 27.2 Å². The molecule has 1 aromatic carbocycles. The second kappa shape index (κ2) is 9.28. The lowest BCUT2D eigenvalue weighted by atomic mass is 10.0. The van der Waals surface area contributed by atoms with Gasteiger partial charge < -0.3 is 15.6 Å². The number of hydrogen-bond acceptors (Lipinski definition) is 4. The standard InChI is InChI=1S/C14H23ClN2O2/c1-19-10-8-17(7-9-18)6-5-14(16)12-3-2-4-13(15)11-12/h2-4,11,14,18H,5-10,16H2,1H3. The van der Waals surface area contributed by atoms with Crippen molar-refractivity contribution < 1.29 is 9.84 Å². The molecule has 0 aliphatic carbocycles. The number of aliphatic hydroxyl groups excluding tert-OH is 1. The van der Waals surface area contributed by atoms with Crippen LogP contribution in [-0.4, -0.2) is 50.0 Å². The van der Waals surface area contributed by atoms with Crippen LogP contribution in [0.1, 0.15) is 18.0 Å². The van der Waals surface area contributed by atoms with Gasteiger partial charge in [0.05, 0.1) is 13.2 Å². The number of methoxy groups -OCH3 is 1. The van der Waals surface area contributed by atoms with Gasteiger partial charge in [-0.2, -0.15) is 0 Å². The van der Waals surface area contributed by atoms with E-state index in [1.165, 1.54) is 0 Å². The Kier molecular flexibility index (Phi) is 8.02. The molecule has 0 spiro atoms. The van der Waals surface area contributed by atoms with Crippen molar-refractivity contribution in [3.05, 3.63) is 34.9 Å². The lowest BCUT2D eigenvalue weighted by Gasteiger charge is -2.23. The summed E-state index contributed by atoms with van der Waals surface area (Å²) in [7, 11) is 1.68. The quantitative estimate of drug-likeness (QED) is 0.725. The summed E-state index contributed by atoms with van der Waals surface area (Å²) in [4.78, 5) is 2.15. The fraction of sp³-hybridized carbons (Fsp3) is 0.571. The molecule has 0 saturated heterocycles. The van der Waals surface area contributed by atoms with Crippen molar-refractivity contribution in [3.63, 3.8) is 0 Å². The van der Waals surface area contributed by atoms with E-state index < -0.39 is 0 Å². The number of rotatable bonds is 9. The van der Waals surface area contributed by atoms with Crippen LogP contribution in [0.2, 0.25) is 5.02 Å². The average Bonchev–Trinajstić information content (AvgIpc) is 2.41. The first-order chi connectivity index (χ1) is 9.17. The first kappa shape index (κ1) is 16.4. The third-order valence-corrected chi connectivity index (χ3v) is 3.30. The Morgan fingerprint density at radius 2 is 2.16 bits per heavy atom. The van der Waals surface area contributed by atoms with Gasteiger partial charge in [-0.25, -0.2) is 0 Å². The van der Waals surface area contributed by atoms with Gasteiger partial charge in [0, 0.05) is 37.8 Å². The monoisotopic (exact) mass is 286 g/mol. The minimum absolute atomic E-state index is 0.0394. The minimum Gasteiger partial charge on any atom is -0.395 e. The fourth-order valence-corrected chi connectivity index (χ4v) is 2.12. The van der Waals surface area contributed by atoms with Crippen molar-refractivity contribution in [3.8, 4) is 0 Å². The van der Waals surface area contributed by atoms with Crippen molar-refractivity contribution in [2.24, 2.45) is 5.73 Å². The summed E-state index contributed by atoms with van der Waals surface area (Å²) in [6.45, 7) is 3.09. The van der Waals surface area contributed by atoms with E-state index in [9.17, 15) is 0 Å². The normalized spacial score (nSPS) is 12.9. The van der Waals surface area contributed by atoms with E-state index in [1.54, 1.807) is 7.11 Å². The van der Waals surface area contributed by atoms with Crippen LogP contribution in [0.25, 0.3) is 0 Å². The lowest BCUT2D eigenvalue weighted by Crippen LogP contribution is -2.32. The zero-order valence-electron chi connectivity index (χ0n) is 11.4. The Labute approximate surface area is 120 Å². The molecule has 0 aliphatic heterocycles. The van der Waals surface area contributed by atoms with Crippen molar-refractivity contribution >= 4 is 11.6 Å². The molecule has 0 heterocycles. The predicted octanol–water partition coefficient (Wildman–Crippen LogP) is 1.67. The Balaban J connectivity index is 2.44. The molecule has 0 radical (unpaired) electrons. The molecule has 0 amide bonds. The number of nitrogens with two attached hydrogens (primary N) is 1. The Bertz CT molecular complexity index is 363. The summed E-state index contributed by atoms with van der Waals surface area (Å²) in [5.41, 5.74) is 7.20. The highest BCUT2D eigenvalue weighted by Gasteiger charge is 2.10. The zero-order chi connectivity index (χ0) is 14.1. The van der Waals surface area contributed by atoms with Gasteiger partial charge in [-0.3, -0.25) is 4.90 Å². The predicted molar refractivity (Wildman–Crippen MR) is 78.4 cm³/mol. The molecule has 1 unspecified atom stereocenters. The molecule has 3 N–H and O–H groups in total. The Hall–Kier alpha value is -0.650. The van der Waals surface area contributed by atoms with Crippen LogP contribution in [0.3, 0.4) is 0 Å². The number of benzene rings is 1. The van der Waals surface area contributed by atoms with Crippen LogP contribution in [0.15, 0.2) is 24.3 Å². The summed E-state index contributed by atoms with van der Waals surface area (Å²) in [5.74, 6) is 0. The summed E-state index contributed by atoms with van der Waals surface area (Å²) in [6.07, 6.45) is 0.823. The molecule has 1 rings (SSSR count). The maximum Gasteiger partial charge on any atom is 0.0589 e. The van der Waals surface area contributed by atoms with Gasteiger partial charge in [-0.1, -0.05) is 23.7 Å². The molecule has 0 aliphatic rings. The zero-order valence-corrected chi connectivity index (χ0v) is 12.1. The highest BCUT2D eigenvalue weighted by molar-refractivity contribution is 6.30. The molecular weight excluding hydrogens is 264 g/mol. The number of nitrogens with zero attached hydrogens (tertiary/aromatic N) is 1. The molecule has 0 fully saturated rings. The third kappa shape index (κ3) is 6.36. The molecule has 0 saturated carbocycles. The number of hydrogen-bond donors (Lipinski definition) is 2. The van der Waals surface area contributed by atoms with Gasteiger partial charge in [0.15, 0.2) is 0 Å². The van der Waals surface area contributed by atoms with Crippen LogP contribution in [0.5, 0.6) is 0 Å². The topological polar surface area (TPSA) is 58.7 Å². The molecule has 0 bridgehead atoms. The third-order valence-electron chi connectivity index (χ3n) is 3.06. The smallest absolute Gasteiger partial charge is 0.0589 e. The van der Waals surface area contributed by atoms with Crippen LogP contribution in [0, 0.1) is 0 Å².